The maximum absolute atomic E-state index is 9.94. The van der Waals surface area contributed by atoms with E-state index in [1.165, 1.54) is 12.0 Å². The van der Waals surface area contributed by atoms with E-state index >= 15 is 0 Å². The van der Waals surface area contributed by atoms with Crippen molar-refractivity contribution in [3.63, 3.8) is 0 Å². The Kier molecular flexibility index (Phi) is 2.49. The molecule has 2 fully saturated rings. The van der Waals surface area contributed by atoms with Crippen molar-refractivity contribution in [2.24, 2.45) is 5.92 Å². The molecule has 1 aromatic carbocycles. The van der Waals surface area contributed by atoms with Gasteiger partial charge in [0.15, 0.2) is 0 Å². The molecule has 2 aliphatic rings. The van der Waals surface area contributed by atoms with Crippen molar-refractivity contribution in [2.45, 2.75) is 38.0 Å². The fourth-order valence-corrected chi connectivity index (χ4v) is 3.40. The Morgan fingerprint density at radius 3 is 2.62 bits per heavy atom. The van der Waals surface area contributed by atoms with E-state index < -0.39 is 0 Å². The molecule has 2 nitrogen and oxygen atoms in total. The Balaban J connectivity index is 1.79. The molecular weight excluding hydrogens is 198 g/mol. The van der Waals surface area contributed by atoms with Gasteiger partial charge in [0.1, 0.15) is 0 Å². The number of rotatable bonds is 2. The van der Waals surface area contributed by atoms with Gasteiger partial charge in [0.25, 0.3) is 0 Å². The molecule has 1 aliphatic heterocycles. The van der Waals surface area contributed by atoms with E-state index in [2.05, 4.69) is 42.2 Å². The number of aliphatic hydroxyl groups is 1. The summed E-state index contributed by atoms with van der Waals surface area (Å²) < 4.78 is 0. The highest BCUT2D eigenvalue weighted by Crippen LogP contribution is 2.41. The summed E-state index contributed by atoms with van der Waals surface area (Å²) in [5.41, 5.74) is 1.36. The van der Waals surface area contributed by atoms with Crippen LogP contribution in [0.4, 0.5) is 0 Å². The fourth-order valence-electron chi connectivity index (χ4n) is 3.40. The van der Waals surface area contributed by atoms with Crippen LogP contribution < -0.4 is 0 Å². The van der Waals surface area contributed by atoms with Gasteiger partial charge in [0, 0.05) is 18.6 Å². The number of piperidine rings is 1. The highest BCUT2D eigenvalue weighted by molar-refractivity contribution is 5.19. The van der Waals surface area contributed by atoms with E-state index in [1.54, 1.807) is 0 Å². The molecule has 1 N–H and O–H groups in total. The first-order valence-electron chi connectivity index (χ1n) is 6.24. The third kappa shape index (κ3) is 1.57. The molecule has 16 heavy (non-hydrogen) atoms. The molecule has 0 spiro atoms. The van der Waals surface area contributed by atoms with Crippen LogP contribution in [0.25, 0.3) is 0 Å². The smallest absolute Gasteiger partial charge is 0.0698 e. The summed E-state index contributed by atoms with van der Waals surface area (Å²) in [6.07, 6.45) is 2.12. The average Bonchev–Trinajstić information content (AvgIpc) is 2.88. The highest BCUT2D eigenvalue weighted by atomic mass is 16.3. The number of nitrogens with zero attached hydrogens (tertiary/aromatic N) is 1. The first-order valence-corrected chi connectivity index (χ1v) is 6.24. The molecule has 1 saturated heterocycles. The number of likely N-dealkylation sites (tertiary alicyclic amines) is 1. The minimum absolute atomic E-state index is 0.0927. The molecular formula is C14H19NO. The average molecular weight is 217 g/mol. The number of benzene rings is 1. The third-order valence-corrected chi connectivity index (χ3v) is 4.27. The zero-order valence-electron chi connectivity index (χ0n) is 9.71. The maximum atomic E-state index is 9.94. The fraction of sp³-hybridized carbons (Fsp3) is 0.571. The van der Waals surface area contributed by atoms with Gasteiger partial charge in [-0.2, -0.15) is 0 Å². The normalized spacial score (nSPS) is 35.5. The van der Waals surface area contributed by atoms with Crippen LogP contribution in [-0.4, -0.2) is 28.7 Å². The van der Waals surface area contributed by atoms with Crippen molar-refractivity contribution in [1.29, 1.82) is 0 Å². The molecule has 1 aliphatic carbocycles. The number of hydrogen-bond acceptors (Lipinski definition) is 2. The van der Waals surface area contributed by atoms with Crippen LogP contribution in [0.15, 0.2) is 30.3 Å². The van der Waals surface area contributed by atoms with Crippen LogP contribution in [0, 0.1) is 5.92 Å². The van der Waals surface area contributed by atoms with Crippen LogP contribution in [0.5, 0.6) is 0 Å². The number of fused-ring (bicyclic) bond motifs is 2. The highest BCUT2D eigenvalue weighted by Gasteiger charge is 2.45. The predicted molar refractivity (Wildman–Crippen MR) is 64.1 cm³/mol. The van der Waals surface area contributed by atoms with Gasteiger partial charge >= 0.3 is 0 Å². The lowest BCUT2D eigenvalue weighted by Crippen LogP contribution is -2.42. The van der Waals surface area contributed by atoms with Crippen molar-refractivity contribution >= 4 is 0 Å². The summed E-state index contributed by atoms with van der Waals surface area (Å²) in [6, 6.07) is 11.5. The van der Waals surface area contributed by atoms with Crippen molar-refractivity contribution in [2.75, 3.05) is 6.54 Å². The largest absolute Gasteiger partial charge is 0.391 e. The second-order valence-corrected chi connectivity index (χ2v) is 5.26. The molecule has 0 radical (unpaired) electrons. The second-order valence-electron chi connectivity index (χ2n) is 5.26. The first kappa shape index (κ1) is 10.3. The summed E-state index contributed by atoms with van der Waals surface area (Å²) >= 11 is 0. The number of aliphatic hydroxyl groups excluding tert-OH is 1. The third-order valence-electron chi connectivity index (χ3n) is 4.27. The summed E-state index contributed by atoms with van der Waals surface area (Å²) in [4.78, 5) is 2.48. The quantitative estimate of drug-likeness (QED) is 0.821. The Hall–Kier alpha value is -0.860. The Morgan fingerprint density at radius 2 is 2.00 bits per heavy atom. The van der Waals surface area contributed by atoms with Crippen LogP contribution in [0.3, 0.4) is 0 Å². The molecule has 1 heterocycles. The number of hydrogen-bond donors (Lipinski definition) is 1. The van der Waals surface area contributed by atoms with E-state index in [1.807, 2.05) is 0 Å². The van der Waals surface area contributed by atoms with E-state index in [0.717, 1.165) is 18.9 Å². The van der Waals surface area contributed by atoms with Crippen molar-refractivity contribution in [3.05, 3.63) is 35.9 Å². The standard InChI is InChI=1S/C14H19NO/c1-10(12-5-3-2-4-6-12)15-9-11-7-13(15)14(16)8-11/h2-6,10-11,13-14,16H,7-9H2,1H3/t10-,11-,13+,14-/m0/s1. The van der Waals surface area contributed by atoms with Gasteiger partial charge in [0.2, 0.25) is 0 Å². The summed E-state index contributed by atoms with van der Waals surface area (Å²) in [5.74, 6) is 0.728. The molecule has 4 atom stereocenters. The molecule has 0 unspecified atom stereocenters. The van der Waals surface area contributed by atoms with Crippen LogP contribution >= 0.6 is 0 Å². The zero-order chi connectivity index (χ0) is 11.1. The van der Waals surface area contributed by atoms with Crippen molar-refractivity contribution in [3.8, 4) is 0 Å². The lowest BCUT2D eigenvalue weighted by Gasteiger charge is -2.35. The van der Waals surface area contributed by atoms with E-state index in [0.29, 0.717) is 12.1 Å². The van der Waals surface area contributed by atoms with Gasteiger partial charge < -0.3 is 5.11 Å². The second kappa shape index (κ2) is 3.86. The van der Waals surface area contributed by atoms with Gasteiger partial charge in [-0.1, -0.05) is 30.3 Å². The lowest BCUT2D eigenvalue weighted by atomic mass is 10.0. The molecule has 0 aromatic heterocycles. The molecule has 1 saturated carbocycles. The minimum Gasteiger partial charge on any atom is -0.391 e. The van der Waals surface area contributed by atoms with Crippen LogP contribution in [-0.2, 0) is 0 Å². The summed E-state index contributed by atoms with van der Waals surface area (Å²) in [5, 5.41) is 9.94. The molecule has 2 heteroatoms. The van der Waals surface area contributed by atoms with E-state index in [-0.39, 0.29) is 6.10 Å². The summed E-state index contributed by atoms with van der Waals surface area (Å²) in [7, 11) is 0. The van der Waals surface area contributed by atoms with E-state index in [9.17, 15) is 5.11 Å². The Morgan fingerprint density at radius 1 is 1.25 bits per heavy atom. The predicted octanol–water partition coefficient (Wildman–Crippen LogP) is 2.20. The first-order chi connectivity index (χ1) is 7.75. The van der Waals surface area contributed by atoms with Gasteiger partial charge in [-0.05, 0) is 31.2 Å². The topological polar surface area (TPSA) is 23.5 Å². The summed E-state index contributed by atoms with van der Waals surface area (Å²) in [6.45, 7) is 3.42. The van der Waals surface area contributed by atoms with Crippen molar-refractivity contribution < 1.29 is 5.11 Å². The van der Waals surface area contributed by atoms with Crippen LogP contribution in [0.2, 0.25) is 0 Å². The SMILES string of the molecule is C[C@@H](c1ccccc1)N1C[C@H]2C[C@@H]1[C@@H](O)C2. The van der Waals surface area contributed by atoms with Gasteiger partial charge in [-0.25, -0.2) is 0 Å². The van der Waals surface area contributed by atoms with Gasteiger partial charge in [-0.15, -0.1) is 0 Å². The van der Waals surface area contributed by atoms with Crippen molar-refractivity contribution in [1.82, 2.24) is 4.90 Å². The molecule has 3 rings (SSSR count). The molecule has 86 valence electrons. The van der Waals surface area contributed by atoms with Gasteiger partial charge in [0.05, 0.1) is 6.10 Å². The van der Waals surface area contributed by atoms with Gasteiger partial charge in [-0.3, -0.25) is 4.90 Å². The Bertz CT molecular complexity index is 364. The zero-order valence-corrected chi connectivity index (χ0v) is 9.71. The molecule has 0 amide bonds. The van der Waals surface area contributed by atoms with E-state index in [4.69, 9.17) is 0 Å². The monoisotopic (exact) mass is 217 g/mol. The minimum atomic E-state index is -0.0927. The van der Waals surface area contributed by atoms with Crippen LogP contribution in [0.1, 0.15) is 31.4 Å². The lowest BCUT2D eigenvalue weighted by molar-refractivity contribution is 0.0361. The molecule has 1 aromatic rings. The Labute approximate surface area is 96.9 Å². The molecule has 2 bridgehead atoms. The maximum Gasteiger partial charge on any atom is 0.0698 e.